The van der Waals surface area contributed by atoms with Crippen LogP contribution in [-0.4, -0.2) is 18.1 Å². The van der Waals surface area contributed by atoms with Crippen molar-refractivity contribution in [3.8, 4) is 5.88 Å². The molecule has 1 aliphatic heterocycles. The number of halogens is 3. The smallest absolute Gasteiger partial charge is 0.421 e. The normalized spacial score (nSPS) is 19.5. The van der Waals surface area contributed by atoms with Crippen molar-refractivity contribution in [3.63, 3.8) is 0 Å². The van der Waals surface area contributed by atoms with Gasteiger partial charge in [0.05, 0.1) is 0 Å². The van der Waals surface area contributed by atoms with Gasteiger partial charge in [-0.2, -0.15) is 13.2 Å². The number of rotatable bonds is 4. The zero-order valence-electron chi connectivity index (χ0n) is 12.4. The van der Waals surface area contributed by atoms with Gasteiger partial charge in [-0.25, -0.2) is 4.98 Å². The molecule has 0 saturated carbocycles. The lowest BCUT2D eigenvalue weighted by molar-refractivity contribution is -0.139. The lowest BCUT2D eigenvalue weighted by Gasteiger charge is -2.25. The highest BCUT2D eigenvalue weighted by Gasteiger charge is 2.37. The zero-order valence-corrected chi connectivity index (χ0v) is 12.4. The first-order valence-electron chi connectivity index (χ1n) is 7.50. The van der Waals surface area contributed by atoms with Gasteiger partial charge in [-0.3, -0.25) is 0 Å². The summed E-state index contributed by atoms with van der Waals surface area (Å²) in [5, 5.41) is 3.23. The van der Waals surface area contributed by atoms with Crippen molar-refractivity contribution in [2.45, 2.75) is 18.7 Å². The van der Waals surface area contributed by atoms with Gasteiger partial charge < -0.3 is 10.1 Å². The van der Waals surface area contributed by atoms with Crippen LogP contribution in [0.1, 0.15) is 23.7 Å². The van der Waals surface area contributed by atoms with Crippen LogP contribution in [0.4, 0.5) is 13.2 Å². The Morgan fingerprint density at radius 1 is 1.13 bits per heavy atom. The van der Waals surface area contributed by atoms with Gasteiger partial charge in [0.1, 0.15) is 11.7 Å². The Morgan fingerprint density at radius 2 is 1.91 bits per heavy atom. The molecule has 1 aromatic heterocycles. The molecule has 122 valence electrons. The third-order valence-corrected chi connectivity index (χ3v) is 3.97. The Labute approximate surface area is 132 Å². The van der Waals surface area contributed by atoms with E-state index in [2.05, 4.69) is 10.3 Å². The molecule has 1 aliphatic rings. The van der Waals surface area contributed by atoms with Gasteiger partial charge in [-0.1, -0.05) is 30.3 Å². The Kier molecular flexibility index (Phi) is 4.52. The zero-order chi connectivity index (χ0) is 16.3. The van der Waals surface area contributed by atoms with Gasteiger partial charge in [0.25, 0.3) is 0 Å². The lowest BCUT2D eigenvalue weighted by Crippen LogP contribution is -2.23. The monoisotopic (exact) mass is 322 g/mol. The van der Waals surface area contributed by atoms with Crippen LogP contribution in [0.3, 0.4) is 0 Å². The molecule has 0 unspecified atom stereocenters. The molecule has 0 bridgehead atoms. The third kappa shape index (κ3) is 3.64. The predicted molar refractivity (Wildman–Crippen MR) is 80.0 cm³/mol. The van der Waals surface area contributed by atoms with Crippen LogP contribution in [0.2, 0.25) is 0 Å². The second kappa shape index (κ2) is 6.58. The molecule has 2 heterocycles. The van der Waals surface area contributed by atoms with Crippen molar-refractivity contribution in [3.05, 3.63) is 59.8 Å². The number of nitrogens with one attached hydrogen (secondary N) is 1. The number of pyridine rings is 1. The summed E-state index contributed by atoms with van der Waals surface area (Å²) in [5.41, 5.74) is 0.0202. The van der Waals surface area contributed by atoms with Crippen LogP contribution in [0.5, 0.6) is 5.88 Å². The highest BCUT2D eigenvalue weighted by molar-refractivity contribution is 5.30. The SMILES string of the molecule is FC(F)(F)c1cccnc1O[C@@H](c1ccccc1)[C@H]1CCNC1. The largest absolute Gasteiger partial charge is 0.469 e. The molecule has 1 fully saturated rings. The van der Waals surface area contributed by atoms with E-state index in [0.29, 0.717) is 6.54 Å². The van der Waals surface area contributed by atoms with Crippen LogP contribution >= 0.6 is 0 Å². The first-order chi connectivity index (χ1) is 11.1. The number of benzene rings is 1. The number of hydrogen-bond donors (Lipinski definition) is 1. The van der Waals surface area contributed by atoms with E-state index in [1.165, 1.54) is 12.3 Å². The van der Waals surface area contributed by atoms with Crippen molar-refractivity contribution >= 4 is 0 Å². The fourth-order valence-electron chi connectivity index (χ4n) is 2.84. The van der Waals surface area contributed by atoms with Crippen LogP contribution in [0.25, 0.3) is 0 Å². The molecular formula is C17H17F3N2O. The molecular weight excluding hydrogens is 305 g/mol. The standard InChI is InChI=1S/C17H17F3N2O/c18-17(19,20)14-7-4-9-22-16(14)23-15(13-8-10-21-11-13)12-5-2-1-3-6-12/h1-7,9,13,15,21H,8,10-11H2/t13-,15-/m0/s1. The van der Waals surface area contributed by atoms with E-state index in [9.17, 15) is 13.2 Å². The van der Waals surface area contributed by atoms with E-state index in [-0.39, 0.29) is 11.8 Å². The Bertz CT molecular complexity index is 640. The van der Waals surface area contributed by atoms with Gasteiger partial charge in [0, 0.05) is 18.7 Å². The van der Waals surface area contributed by atoms with Gasteiger partial charge in [0.2, 0.25) is 5.88 Å². The Morgan fingerprint density at radius 3 is 2.57 bits per heavy atom. The number of ether oxygens (including phenoxy) is 1. The average molecular weight is 322 g/mol. The van der Waals surface area contributed by atoms with E-state index in [1.807, 2.05) is 30.3 Å². The summed E-state index contributed by atoms with van der Waals surface area (Å²) in [6, 6.07) is 11.6. The number of nitrogens with zero attached hydrogens (tertiary/aromatic N) is 1. The summed E-state index contributed by atoms with van der Waals surface area (Å²) in [6.07, 6.45) is -2.77. The summed E-state index contributed by atoms with van der Waals surface area (Å²) in [7, 11) is 0. The highest BCUT2D eigenvalue weighted by atomic mass is 19.4. The summed E-state index contributed by atoms with van der Waals surface area (Å²) in [6.45, 7) is 1.56. The van der Waals surface area contributed by atoms with Crippen LogP contribution < -0.4 is 10.1 Å². The van der Waals surface area contributed by atoms with Crippen LogP contribution in [0, 0.1) is 5.92 Å². The fraction of sp³-hybridized carbons (Fsp3) is 0.353. The average Bonchev–Trinajstić information content (AvgIpc) is 3.07. The fourth-order valence-corrected chi connectivity index (χ4v) is 2.84. The molecule has 0 aliphatic carbocycles. The van der Waals surface area contributed by atoms with E-state index >= 15 is 0 Å². The molecule has 23 heavy (non-hydrogen) atoms. The van der Waals surface area contributed by atoms with Crippen molar-refractivity contribution in [2.24, 2.45) is 5.92 Å². The molecule has 2 atom stereocenters. The predicted octanol–water partition coefficient (Wildman–Crippen LogP) is 3.83. The molecule has 0 spiro atoms. The van der Waals surface area contributed by atoms with Crippen molar-refractivity contribution < 1.29 is 17.9 Å². The maximum atomic E-state index is 13.1. The maximum Gasteiger partial charge on any atom is 0.421 e. The summed E-state index contributed by atoms with van der Waals surface area (Å²) >= 11 is 0. The Hall–Kier alpha value is -2.08. The van der Waals surface area contributed by atoms with Gasteiger partial charge in [-0.15, -0.1) is 0 Å². The molecule has 1 saturated heterocycles. The van der Waals surface area contributed by atoms with Crippen molar-refractivity contribution in [2.75, 3.05) is 13.1 Å². The number of aromatic nitrogens is 1. The minimum absolute atomic E-state index is 0.112. The summed E-state index contributed by atoms with van der Waals surface area (Å²) in [5.74, 6) is -0.249. The molecule has 3 nitrogen and oxygen atoms in total. The second-order valence-electron chi connectivity index (χ2n) is 5.56. The second-order valence-corrected chi connectivity index (χ2v) is 5.56. The molecule has 3 rings (SSSR count). The van der Waals surface area contributed by atoms with Crippen LogP contribution in [-0.2, 0) is 6.18 Å². The van der Waals surface area contributed by atoms with E-state index in [4.69, 9.17) is 4.74 Å². The van der Waals surface area contributed by atoms with Gasteiger partial charge in [-0.05, 0) is 30.7 Å². The van der Waals surface area contributed by atoms with Crippen molar-refractivity contribution in [1.82, 2.24) is 10.3 Å². The quantitative estimate of drug-likeness (QED) is 0.929. The maximum absolute atomic E-state index is 13.1. The third-order valence-electron chi connectivity index (χ3n) is 3.97. The number of hydrogen-bond acceptors (Lipinski definition) is 3. The summed E-state index contributed by atoms with van der Waals surface area (Å²) in [4.78, 5) is 3.82. The van der Waals surface area contributed by atoms with Gasteiger partial charge in [0.15, 0.2) is 0 Å². The molecule has 0 radical (unpaired) electrons. The van der Waals surface area contributed by atoms with E-state index < -0.39 is 17.8 Å². The molecule has 1 N–H and O–H groups in total. The lowest BCUT2D eigenvalue weighted by atomic mass is 9.95. The summed E-state index contributed by atoms with van der Waals surface area (Å²) < 4.78 is 45.2. The van der Waals surface area contributed by atoms with E-state index in [1.54, 1.807) is 0 Å². The first-order valence-corrected chi connectivity index (χ1v) is 7.50. The Balaban J connectivity index is 1.93. The minimum atomic E-state index is -4.49. The molecule has 0 amide bonds. The molecule has 1 aromatic carbocycles. The minimum Gasteiger partial charge on any atom is -0.469 e. The van der Waals surface area contributed by atoms with Crippen molar-refractivity contribution in [1.29, 1.82) is 0 Å². The highest BCUT2D eigenvalue weighted by Crippen LogP contribution is 2.38. The van der Waals surface area contributed by atoms with Crippen LogP contribution in [0.15, 0.2) is 48.7 Å². The van der Waals surface area contributed by atoms with Gasteiger partial charge >= 0.3 is 6.18 Å². The molecule has 2 aromatic rings. The molecule has 6 heteroatoms. The number of alkyl halides is 3. The first kappa shape index (κ1) is 15.8. The van der Waals surface area contributed by atoms with E-state index in [0.717, 1.165) is 24.6 Å². The topological polar surface area (TPSA) is 34.1 Å².